The summed E-state index contributed by atoms with van der Waals surface area (Å²) >= 11 is 1.50. The zero-order chi connectivity index (χ0) is 18.6. The number of ether oxygens (including phenoxy) is 3. The summed E-state index contributed by atoms with van der Waals surface area (Å²) in [7, 11) is 0. The van der Waals surface area contributed by atoms with Crippen molar-refractivity contribution < 1.29 is 14.2 Å². The lowest BCUT2D eigenvalue weighted by atomic mass is 10.2. The van der Waals surface area contributed by atoms with Gasteiger partial charge in [0.1, 0.15) is 5.75 Å². The van der Waals surface area contributed by atoms with E-state index in [1.807, 2.05) is 37.3 Å². The van der Waals surface area contributed by atoms with Crippen LogP contribution in [-0.2, 0) is 5.75 Å². The summed E-state index contributed by atoms with van der Waals surface area (Å²) < 4.78 is 16.5. The quantitative estimate of drug-likeness (QED) is 0.479. The lowest BCUT2D eigenvalue weighted by molar-refractivity contribution is 0.174. The summed E-state index contributed by atoms with van der Waals surface area (Å²) in [5.41, 5.74) is 2.50. The zero-order valence-corrected chi connectivity index (χ0v) is 15.3. The molecule has 1 aromatic heterocycles. The summed E-state index contributed by atoms with van der Waals surface area (Å²) in [5, 5.41) is 9.62. The SMILES string of the molecule is Cc1cc(Oc2ccc3c(c2)OCO3)nc(SCc2cccc(C#N)c2)n1. The van der Waals surface area contributed by atoms with Crippen LogP contribution < -0.4 is 14.2 Å². The number of aromatic nitrogens is 2. The smallest absolute Gasteiger partial charge is 0.231 e. The Hall–Kier alpha value is -3.24. The van der Waals surface area contributed by atoms with Gasteiger partial charge < -0.3 is 14.2 Å². The maximum atomic E-state index is 9.00. The minimum Gasteiger partial charge on any atom is -0.454 e. The number of fused-ring (bicyclic) bond motifs is 1. The molecule has 2 heterocycles. The molecule has 0 radical (unpaired) electrons. The van der Waals surface area contributed by atoms with E-state index >= 15 is 0 Å². The van der Waals surface area contributed by atoms with Crippen LogP contribution in [0.5, 0.6) is 23.1 Å². The van der Waals surface area contributed by atoms with Gasteiger partial charge in [0.25, 0.3) is 0 Å². The van der Waals surface area contributed by atoms with Gasteiger partial charge in [-0.25, -0.2) is 4.98 Å². The van der Waals surface area contributed by atoms with E-state index in [9.17, 15) is 0 Å². The van der Waals surface area contributed by atoms with E-state index < -0.39 is 0 Å². The standard InChI is InChI=1S/C20H15N3O3S/c1-13-7-19(26-16-5-6-17-18(9-16)25-12-24-17)23-20(22-13)27-11-15-4-2-3-14(8-15)10-21/h2-9H,11-12H2,1H3. The molecular formula is C20H15N3O3S. The summed E-state index contributed by atoms with van der Waals surface area (Å²) in [6.45, 7) is 2.12. The second-order valence-electron chi connectivity index (χ2n) is 5.85. The fourth-order valence-corrected chi connectivity index (χ4v) is 3.41. The molecule has 27 heavy (non-hydrogen) atoms. The fraction of sp³-hybridized carbons (Fsp3) is 0.150. The Morgan fingerprint density at radius 1 is 1.11 bits per heavy atom. The highest BCUT2D eigenvalue weighted by Gasteiger charge is 2.14. The number of thioether (sulfide) groups is 1. The Bertz CT molecular complexity index is 1030. The third-order valence-corrected chi connectivity index (χ3v) is 4.72. The van der Waals surface area contributed by atoms with E-state index in [-0.39, 0.29) is 6.79 Å². The lowest BCUT2D eigenvalue weighted by Gasteiger charge is -2.08. The molecule has 1 aliphatic rings. The summed E-state index contributed by atoms with van der Waals surface area (Å²) in [5.74, 6) is 3.12. The number of hydrogen-bond acceptors (Lipinski definition) is 7. The van der Waals surface area contributed by atoms with Gasteiger partial charge in [-0.1, -0.05) is 23.9 Å². The van der Waals surface area contributed by atoms with Crippen molar-refractivity contribution in [2.75, 3.05) is 6.79 Å². The Kier molecular flexibility index (Phi) is 4.81. The van der Waals surface area contributed by atoms with Crippen LogP contribution in [0.3, 0.4) is 0 Å². The molecule has 0 atom stereocenters. The van der Waals surface area contributed by atoms with E-state index in [1.165, 1.54) is 11.8 Å². The van der Waals surface area contributed by atoms with Crippen molar-refractivity contribution >= 4 is 11.8 Å². The van der Waals surface area contributed by atoms with Crippen LogP contribution in [0.1, 0.15) is 16.8 Å². The van der Waals surface area contributed by atoms with Gasteiger partial charge in [0.2, 0.25) is 12.7 Å². The first-order valence-corrected chi connectivity index (χ1v) is 9.23. The number of nitriles is 1. The highest BCUT2D eigenvalue weighted by molar-refractivity contribution is 7.98. The molecule has 0 bridgehead atoms. The molecule has 0 spiro atoms. The van der Waals surface area contributed by atoms with Crippen LogP contribution in [0, 0.1) is 18.3 Å². The van der Waals surface area contributed by atoms with Crippen molar-refractivity contribution in [3.05, 3.63) is 65.4 Å². The third kappa shape index (κ3) is 4.13. The van der Waals surface area contributed by atoms with E-state index in [2.05, 4.69) is 16.0 Å². The van der Waals surface area contributed by atoms with Gasteiger partial charge >= 0.3 is 0 Å². The Morgan fingerprint density at radius 2 is 2.00 bits per heavy atom. The fourth-order valence-electron chi connectivity index (χ4n) is 2.57. The molecular weight excluding hydrogens is 362 g/mol. The van der Waals surface area contributed by atoms with E-state index in [0.29, 0.717) is 39.6 Å². The van der Waals surface area contributed by atoms with Crippen LogP contribution in [0.15, 0.2) is 53.7 Å². The number of rotatable bonds is 5. The molecule has 0 N–H and O–H groups in total. The van der Waals surface area contributed by atoms with Crippen LogP contribution in [0.25, 0.3) is 0 Å². The number of benzene rings is 2. The first-order valence-electron chi connectivity index (χ1n) is 8.24. The van der Waals surface area contributed by atoms with Crippen molar-refractivity contribution in [1.82, 2.24) is 9.97 Å². The predicted molar refractivity (Wildman–Crippen MR) is 100 cm³/mol. The average molecular weight is 377 g/mol. The summed E-state index contributed by atoms with van der Waals surface area (Å²) in [6.07, 6.45) is 0. The van der Waals surface area contributed by atoms with Crippen molar-refractivity contribution in [2.24, 2.45) is 0 Å². The minimum absolute atomic E-state index is 0.221. The first kappa shape index (κ1) is 17.2. The van der Waals surface area contributed by atoms with Crippen molar-refractivity contribution in [1.29, 1.82) is 5.26 Å². The number of aryl methyl sites for hydroxylation is 1. The highest BCUT2D eigenvalue weighted by atomic mass is 32.2. The average Bonchev–Trinajstić information content (AvgIpc) is 3.14. The Labute approximate surface area is 160 Å². The second kappa shape index (κ2) is 7.56. The molecule has 0 saturated heterocycles. The topological polar surface area (TPSA) is 77.3 Å². The van der Waals surface area contributed by atoms with Crippen LogP contribution >= 0.6 is 11.8 Å². The molecule has 0 aliphatic carbocycles. The minimum atomic E-state index is 0.221. The van der Waals surface area contributed by atoms with E-state index in [4.69, 9.17) is 19.5 Å². The predicted octanol–water partition coefficient (Wildman–Crippen LogP) is 4.47. The number of hydrogen-bond donors (Lipinski definition) is 0. The molecule has 0 unspecified atom stereocenters. The van der Waals surface area contributed by atoms with E-state index in [0.717, 1.165) is 11.3 Å². The van der Waals surface area contributed by atoms with Crippen LogP contribution in [-0.4, -0.2) is 16.8 Å². The molecule has 3 aromatic rings. The van der Waals surface area contributed by atoms with Gasteiger partial charge in [-0.15, -0.1) is 0 Å². The van der Waals surface area contributed by atoms with Crippen LogP contribution in [0.2, 0.25) is 0 Å². The molecule has 4 rings (SSSR count). The summed E-state index contributed by atoms with van der Waals surface area (Å²) in [6, 6.07) is 16.8. The van der Waals surface area contributed by atoms with Crippen molar-refractivity contribution in [3.63, 3.8) is 0 Å². The van der Waals surface area contributed by atoms with Gasteiger partial charge in [-0.3, -0.25) is 0 Å². The second-order valence-corrected chi connectivity index (χ2v) is 6.79. The van der Waals surface area contributed by atoms with Gasteiger partial charge in [0.05, 0.1) is 11.6 Å². The lowest BCUT2D eigenvalue weighted by Crippen LogP contribution is -1.95. The van der Waals surface area contributed by atoms with Crippen LogP contribution in [0.4, 0.5) is 0 Å². The van der Waals surface area contributed by atoms with Crippen molar-refractivity contribution in [2.45, 2.75) is 17.8 Å². The number of nitrogens with zero attached hydrogens (tertiary/aromatic N) is 3. The molecule has 2 aromatic carbocycles. The van der Waals surface area contributed by atoms with Gasteiger partial charge in [0, 0.05) is 23.6 Å². The normalized spacial score (nSPS) is 11.9. The Morgan fingerprint density at radius 3 is 2.89 bits per heavy atom. The van der Waals surface area contributed by atoms with Gasteiger partial charge in [-0.05, 0) is 36.8 Å². The molecule has 7 heteroatoms. The van der Waals surface area contributed by atoms with Gasteiger partial charge in [-0.2, -0.15) is 10.2 Å². The molecule has 134 valence electrons. The maximum absolute atomic E-state index is 9.00. The van der Waals surface area contributed by atoms with Crippen molar-refractivity contribution in [3.8, 4) is 29.2 Å². The molecule has 6 nitrogen and oxygen atoms in total. The third-order valence-electron chi connectivity index (χ3n) is 3.80. The highest BCUT2D eigenvalue weighted by Crippen LogP contribution is 2.36. The van der Waals surface area contributed by atoms with Gasteiger partial charge in [0.15, 0.2) is 16.7 Å². The molecule has 0 fully saturated rings. The van der Waals surface area contributed by atoms with E-state index in [1.54, 1.807) is 18.2 Å². The molecule has 0 amide bonds. The Balaban J connectivity index is 1.48. The first-order chi connectivity index (χ1) is 13.2. The summed E-state index contributed by atoms with van der Waals surface area (Å²) in [4.78, 5) is 8.93. The zero-order valence-electron chi connectivity index (χ0n) is 14.5. The molecule has 1 aliphatic heterocycles. The monoisotopic (exact) mass is 377 g/mol. The molecule has 0 saturated carbocycles. The maximum Gasteiger partial charge on any atom is 0.231 e. The largest absolute Gasteiger partial charge is 0.454 e.